The average Bonchev–Trinajstić information content (AvgIpc) is 3.30. The molecule has 3 aliphatic rings. The minimum Gasteiger partial charge on any atom is -0.396 e. The minimum atomic E-state index is -0.666. The Morgan fingerprint density at radius 1 is 1.23 bits per heavy atom. The third-order valence-electron chi connectivity index (χ3n) is 6.97. The number of hydrogen-bond acceptors (Lipinski definition) is 5. The van der Waals surface area contributed by atoms with Gasteiger partial charge in [-0.1, -0.05) is 11.6 Å². The van der Waals surface area contributed by atoms with Crippen LogP contribution in [0, 0.1) is 11.8 Å². The van der Waals surface area contributed by atoms with Crippen LogP contribution in [-0.4, -0.2) is 63.5 Å². The molecular weight excluding hydrogens is 438 g/mol. The van der Waals surface area contributed by atoms with E-state index in [0.29, 0.717) is 36.5 Å². The minimum absolute atomic E-state index is 0.0337. The van der Waals surface area contributed by atoms with Crippen LogP contribution in [0.2, 0.25) is 5.02 Å². The van der Waals surface area contributed by atoms with Gasteiger partial charge in [0, 0.05) is 35.7 Å². The standard InChI is InChI=1S/C22H28ClN3O4S/c1-21-9-10-22(31-21)16(15(21)18(28)24-2)20(30)26(11-3-4-12-27)17(22)19(29)25-14-7-5-13(23)6-8-14/h5-8,15-17,27H,3-4,9-12H2,1-2H3,(H,24,28)(H,25,29)/t15-,16+,17?,21+,22?/m1/s1. The molecule has 1 spiro atoms. The fourth-order valence-corrected chi connectivity index (χ4v) is 8.14. The number of aliphatic hydroxyl groups is 1. The van der Waals surface area contributed by atoms with E-state index in [1.165, 1.54) is 0 Å². The van der Waals surface area contributed by atoms with Crippen LogP contribution in [0.4, 0.5) is 5.69 Å². The molecule has 0 saturated carbocycles. The van der Waals surface area contributed by atoms with E-state index in [-0.39, 0.29) is 29.1 Å². The lowest BCUT2D eigenvalue weighted by Crippen LogP contribution is -2.52. The van der Waals surface area contributed by atoms with E-state index in [1.54, 1.807) is 48.0 Å². The fourth-order valence-electron chi connectivity index (χ4n) is 5.66. The summed E-state index contributed by atoms with van der Waals surface area (Å²) < 4.78 is -0.991. The van der Waals surface area contributed by atoms with Gasteiger partial charge < -0.3 is 20.6 Å². The number of nitrogens with zero attached hydrogens (tertiary/aromatic N) is 1. The molecular formula is C22H28ClN3O4S. The predicted octanol–water partition coefficient (Wildman–Crippen LogP) is 2.28. The van der Waals surface area contributed by atoms with Gasteiger partial charge in [-0.05, 0) is 56.9 Å². The third kappa shape index (κ3) is 3.52. The molecule has 3 aliphatic heterocycles. The van der Waals surface area contributed by atoms with E-state index >= 15 is 0 Å². The van der Waals surface area contributed by atoms with Crippen LogP contribution in [-0.2, 0) is 14.4 Å². The first-order valence-corrected chi connectivity index (χ1v) is 11.9. The Morgan fingerprint density at radius 2 is 1.94 bits per heavy atom. The lowest BCUT2D eigenvalue weighted by atomic mass is 9.66. The Balaban J connectivity index is 1.70. The summed E-state index contributed by atoms with van der Waals surface area (Å²) in [6.45, 7) is 2.46. The number of thioether (sulfide) groups is 1. The summed E-state index contributed by atoms with van der Waals surface area (Å²) >= 11 is 7.60. The quantitative estimate of drug-likeness (QED) is 0.536. The molecule has 2 unspecified atom stereocenters. The van der Waals surface area contributed by atoms with Crippen molar-refractivity contribution in [3.05, 3.63) is 29.3 Å². The topological polar surface area (TPSA) is 98.7 Å². The number of aliphatic hydroxyl groups excluding tert-OH is 1. The molecule has 3 fully saturated rings. The van der Waals surface area contributed by atoms with Gasteiger partial charge in [-0.3, -0.25) is 14.4 Å². The molecule has 3 heterocycles. The highest BCUT2D eigenvalue weighted by Gasteiger charge is 2.76. The van der Waals surface area contributed by atoms with Crippen molar-refractivity contribution in [1.82, 2.24) is 10.2 Å². The zero-order valence-corrected chi connectivity index (χ0v) is 19.3. The van der Waals surface area contributed by atoms with Gasteiger partial charge in [0.05, 0.1) is 16.6 Å². The molecule has 1 aromatic carbocycles. The van der Waals surface area contributed by atoms with E-state index in [2.05, 4.69) is 10.6 Å². The number of carbonyl (C=O) groups excluding carboxylic acids is 3. The van der Waals surface area contributed by atoms with Crippen LogP contribution in [0.3, 0.4) is 0 Å². The third-order valence-corrected chi connectivity index (χ3v) is 9.21. The molecule has 0 radical (unpaired) electrons. The molecule has 9 heteroatoms. The number of nitrogens with one attached hydrogen (secondary N) is 2. The summed E-state index contributed by atoms with van der Waals surface area (Å²) in [7, 11) is 1.60. The van der Waals surface area contributed by atoms with Crippen molar-refractivity contribution in [1.29, 1.82) is 0 Å². The number of likely N-dealkylation sites (tertiary alicyclic amines) is 1. The average molecular weight is 466 g/mol. The molecule has 2 bridgehead atoms. The molecule has 1 aromatic rings. The number of fused-ring (bicyclic) bond motifs is 1. The second kappa shape index (κ2) is 8.30. The molecule has 3 saturated heterocycles. The maximum atomic E-state index is 13.6. The van der Waals surface area contributed by atoms with Crippen LogP contribution < -0.4 is 10.6 Å². The van der Waals surface area contributed by atoms with Gasteiger partial charge >= 0.3 is 0 Å². The zero-order chi connectivity index (χ0) is 22.4. The largest absolute Gasteiger partial charge is 0.396 e. The normalized spacial score (nSPS) is 33.5. The van der Waals surface area contributed by atoms with Gasteiger partial charge in [-0.25, -0.2) is 0 Å². The second-order valence-corrected chi connectivity index (χ2v) is 11.1. The maximum Gasteiger partial charge on any atom is 0.248 e. The predicted molar refractivity (Wildman–Crippen MR) is 121 cm³/mol. The van der Waals surface area contributed by atoms with Crippen LogP contribution in [0.25, 0.3) is 0 Å². The highest BCUT2D eigenvalue weighted by molar-refractivity contribution is 8.02. The molecule has 3 amide bonds. The number of anilines is 1. The maximum absolute atomic E-state index is 13.6. The summed E-state index contributed by atoms with van der Waals surface area (Å²) in [5, 5.41) is 15.5. The first-order chi connectivity index (χ1) is 14.8. The Hall–Kier alpha value is -1.77. The zero-order valence-electron chi connectivity index (χ0n) is 17.7. The van der Waals surface area contributed by atoms with E-state index in [1.807, 2.05) is 6.92 Å². The number of benzene rings is 1. The number of carbonyl (C=O) groups is 3. The summed E-state index contributed by atoms with van der Waals surface area (Å²) in [5.74, 6) is -1.48. The Morgan fingerprint density at radius 3 is 2.58 bits per heavy atom. The van der Waals surface area contributed by atoms with Crippen LogP contribution >= 0.6 is 23.4 Å². The molecule has 31 heavy (non-hydrogen) atoms. The van der Waals surface area contributed by atoms with Gasteiger partial charge in [-0.15, -0.1) is 11.8 Å². The van der Waals surface area contributed by atoms with Crippen molar-refractivity contribution >= 4 is 46.8 Å². The first-order valence-electron chi connectivity index (χ1n) is 10.7. The van der Waals surface area contributed by atoms with Gasteiger partial charge in [0.2, 0.25) is 17.7 Å². The highest BCUT2D eigenvalue weighted by atomic mass is 35.5. The Bertz CT molecular complexity index is 897. The van der Waals surface area contributed by atoms with Gasteiger partial charge in [0.25, 0.3) is 0 Å². The summed E-state index contributed by atoms with van der Waals surface area (Å²) in [6, 6.07) is 6.21. The molecule has 0 aliphatic carbocycles. The molecule has 5 atom stereocenters. The highest BCUT2D eigenvalue weighted by Crippen LogP contribution is 2.71. The molecule has 168 valence electrons. The van der Waals surface area contributed by atoms with E-state index in [9.17, 15) is 19.5 Å². The van der Waals surface area contributed by atoms with Crippen molar-refractivity contribution < 1.29 is 19.5 Å². The lowest BCUT2D eigenvalue weighted by Gasteiger charge is -2.34. The van der Waals surface area contributed by atoms with Gasteiger partial charge in [0.15, 0.2) is 0 Å². The fraction of sp³-hybridized carbons (Fsp3) is 0.591. The van der Waals surface area contributed by atoms with Crippen molar-refractivity contribution in [2.45, 2.75) is 48.1 Å². The van der Waals surface area contributed by atoms with E-state index < -0.39 is 22.6 Å². The molecule has 7 nitrogen and oxygen atoms in total. The van der Waals surface area contributed by atoms with Crippen molar-refractivity contribution in [2.75, 3.05) is 25.5 Å². The van der Waals surface area contributed by atoms with Crippen molar-refractivity contribution in [2.24, 2.45) is 11.8 Å². The number of amides is 3. The van der Waals surface area contributed by atoms with Gasteiger partial charge in [-0.2, -0.15) is 0 Å². The Labute approximate surface area is 191 Å². The molecule has 4 rings (SSSR count). The number of halogens is 1. The SMILES string of the molecule is CNC(=O)[C@H]1[C@H]2C(=O)N(CCCCO)C(C(=O)Nc3ccc(Cl)cc3)C23CC[C@]1(C)S3. The summed E-state index contributed by atoms with van der Waals surface area (Å²) in [4.78, 5) is 41.7. The van der Waals surface area contributed by atoms with Gasteiger partial charge in [0.1, 0.15) is 6.04 Å². The lowest BCUT2D eigenvalue weighted by molar-refractivity contribution is -0.140. The summed E-state index contributed by atoms with van der Waals surface area (Å²) in [6.07, 6.45) is 2.65. The van der Waals surface area contributed by atoms with Crippen LogP contribution in [0.15, 0.2) is 24.3 Å². The van der Waals surface area contributed by atoms with E-state index in [0.717, 1.165) is 6.42 Å². The smallest absolute Gasteiger partial charge is 0.248 e. The van der Waals surface area contributed by atoms with Crippen molar-refractivity contribution in [3.63, 3.8) is 0 Å². The molecule has 0 aromatic heterocycles. The monoisotopic (exact) mass is 465 g/mol. The summed E-state index contributed by atoms with van der Waals surface area (Å²) in [5.41, 5.74) is 0.614. The van der Waals surface area contributed by atoms with Crippen LogP contribution in [0.5, 0.6) is 0 Å². The van der Waals surface area contributed by atoms with Crippen LogP contribution in [0.1, 0.15) is 32.6 Å². The number of unbranched alkanes of at least 4 members (excludes halogenated alkanes) is 1. The second-order valence-electron chi connectivity index (χ2n) is 8.80. The number of rotatable bonds is 7. The van der Waals surface area contributed by atoms with Crippen molar-refractivity contribution in [3.8, 4) is 0 Å². The number of hydrogen-bond donors (Lipinski definition) is 3. The Kier molecular flexibility index (Phi) is 6.00. The first kappa shape index (κ1) is 22.4. The van der Waals surface area contributed by atoms with E-state index in [4.69, 9.17) is 11.6 Å². The molecule has 3 N–H and O–H groups in total.